The van der Waals surface area contributed by atoms with Gasteiger partial charge in [-0.25, -0.2) is 9.48 Å². The lowest BCUT2D eigenvalue weighted by Crippen LogP contribution is -2.57. The highest BCUT2D eigenvalue weighted by Gasteiger charge is 2.33. The van der Waals surface area contributed by atoms with Crippen LogP contribution in [0.1, 0.15) is 45.1 Å². The number of hydrogen-bond donors (Lipinski definition) is 2. The minimum atomic E-state index is -1.22. The number of carbonyl (C=O) groups is 4. The number of para-hydroxylation sites is 1. The number of benzene rings is 1. The third-order valence-corrected chi connectivity index (χ3v) is 7.46. The first-order valence-electron chi connectivity index (χ1n) is 15.4. The Morgan fingerprint density at radius 1 is 0.915 bits per heavy atom. The first-order chi connectivity index (χ1) is 22.3. The minimum Gasteiger partial charge on any atom is -0.488 e. The second-order valence-electron chi connectivity index (χ2n) is 11.8. The number of rotatable bonds is 13. The van der Waals surface area contributed by atoms with Crippen molar-refractivity contribution >= 4 is 29.4 Å². The van der Waals surface area contributed by atoms with E-state index in [2.05, 4.69) is 15.7 Å². The second kappa shape index (κ2) is 14.9. The van der Waals surface area contributed by atoms with Crippen LogP contribution in [0.2, 0.25) is 0 Å². The van der Waals surface area contributed by atoms with Crippen molar-refractivity contribution in [2.45, 2.75) is 40.7 Å². The molecule has 2 N–H and O–H groups in total. The molecule has 252 valence electrons. The summed E-state index contributed by atoms with van der Waals surface area (Å²) >= 11 is 0. The number of aromatic nitrogens is 2. The quantitative estimate of drug-likeness (QED) is 0.255. The molecule has 2 heterocycles. The molecule has 47 heavy (non-hydrogen) atoms. The molecule has 3 amide bonds. The number of ether oxygens (including phenoxy) is 3. The number of Topliss-reactive ketones (excluding diaryl/α,β-unsaturated/α-hetero) is 1. The highest BCUT2D eigenvalue weighted by Crippen LogP contribution is 2.22. The summed E-state index contributed by atoms with van der Waals surface area (Å²) in [5.41, 5.74) is -1.82. The van der Waals surface area contributed by atoms with E-state index in [9.17, 15) is 28.8 Å². The summed E-state index contributed by atoms with van der Waals surface area (Å²) in [4.78, 5) is 79.3. The SMILES string of the molecule is CCOC(=O)N1CCN(C(=O)C(CNc2c(OCC)c(=O)c2=O)NC(=O)c2cc(OCC(=O)C(C)(C)C)n(-c3ccccc3)n2)CC1. The van der Waals surface area contributed by atoms with Crippen LogP contribution in [0.15, 0.2) is 46.0 Å². The van der Waals surface area contributed by atoms with E-state index in [4.69, 9.17) is 14.2 Å². The van der Waals surface area contributed by atoms with Gasteiger partial charge in [-0.15, -0.1) is 0 Å². The molecule has 0 saturated carbocycles. The van der Waals surface area contributed by atoms with Gasteiger partial charge in [-0.2, -0.15) is 5.10 Å². The highest BCUT2D eigenvalue weighted by molar-refractivity contribution is 5.97. The fraction of sp³-hybridized carbons (Fsp3) is 0.469. The van der Waals surface area contributed by atoms with E-state index in [1.165, 1.54) is 20.5 Å². The molecule has 1 unspecified atom stereocenters. The van der Waals surface area contributed by atoms with Crippen molar-refractivity contribution < 1.29 is 33.4 Å². The van der Waals surface area contributed by atoms with Crippen molar-refractivity contribution in [3.05, 3.63) is 62.5 Å². The Labute approximate surface area is 271 Å². The standard InChI is InChI=1S/C32H40N6O9/c1-6-45-28-25(26(40)27(28)41)33-18-22(30(43)36-13-15-37(16-14-36)31(44)46-7-2)34-29(42)21-17-24(47-19-23(39)32(3,4)5)38(35-21)20-11-9-8-10-12-20/h8-12,17,22,33H,6-7,13-16,18-19H2,1-5H3,(H,34,42). The molecule has 0 radical (unpaired) electrons. The predicted octanol–water partition coefficient (Wildman–Crippen LogP) is 1.37. The molecule has 2 aromatic carbocycles. The van der Waals surface area contributed by atoms with Gasteiger partial charge in [-0.05, 0) is 26.0 Å². The van der Waals surface area contributed by atoms with Crippen LogP contribution in [-0.4, -0.2) is 102 Å². The number of piperazine rings is 1. The average Bonchev–Trinajstić information content (AvgIpc) is 3.50. The summed E-state index contributed by atoms with van der Waals surface area (Å²) in [7, 11) is 0. The Morgan fingerprint density at radius 3 is 2.19 bits per heavy atom. The molecule has 1 fully saturated rings. The maximum absolute atomic E-state index is 13.8. The molecule has 15 nitrogen and oxygen atoms in total. The maximum atomic E-state index is 13.8. The van der Waals surface area contributed by atoms with Gasteiger partial charge in [-0.3, -0.25) is 24.0 Å². The summed E-state index contributed by atoms with van der Waals surface area (Å²) in [6.07, 6.45) is -0.481. The normalized spacial score (nSPS) is 14.0. The number of anilines is 1. The van der Waals surface area contributed by atoms with Gasteiger partial charge >= 0.3 is 6.09 Å². The van der Waals surface area contributed by atoms with Gasteiger partial charge < -0.3 is 34.6 Å². The van der Waals surface area contributed by atoms with Crippen LogP contribution in [0.4, 0.5) is 10.5 Å². The lowest BCUT2D eigenvalue weighted by molar-refractivity contribution is -0.134. The van der Waals surface area contributed by atoms with Gasteiger partial charge in [0.25, 0.3) is 16.8 Å². The van der Waals surface area contributed by atoms with E-state index in [0.717, 1.165) is 0 Å². The monoisotopic (exact) mass is 652 g/mol. The number of ketones is 1. The molecule has 1 aliphatic heterocycles. The summed E-state index contributed by atoms with van der Waals surface area (Å²) in [6.45, 7) is 9.35. The van der Waals surface area contributed by atoms with Crippen molar-refractivity contribution in [1.82, 2.24) is 24.9 Å². The number of amides is 3. The van der Waals surface area contributed by atoms with Crippen LogP contribution in [0.3, 0.4) is 0 Å². The van der Waals surface area contributed by atoms with Crippen LogP contribution >= 0.6 is 0 Å². The zero-order valence-corrected chi connectivity index (χ0v) is 27.2. The molecule has 3 aromatic rings. The molecular weight excluding hydrogens is 612 g/mol. The first-order valence-corrected chi connectivity index (χ1v) is 15.4. The number of nitrogens with one attached hydrogen (secondary N) is 2. The number of hydrogen-bond acceptors (Lipinski definition) is 11. The maximum Gasteiger partial charge on any atom is 0.409 e. The van der Waals surface area contributed by atoms with Crippen molar-refractivity contribution in [2.24, 2.45) is 5.41 Å². The van der Waals surface area contributed by atoms with Gasteiger partial charge in [0.2, 0.25) is 11.8 Å². The van der Waals surface area contributed by atoms with Crippen molar-refractivity contribution in [2.75, 3.05) is 57.9 Å². The Bertz CT molecular complexity index is 1660. The zero-order chi connectivity index (χ0) is 34.3. The molecular formula is C32H40N6O9. The predicted molar refractivity (Wildman–Crippen MR) is 171 cm³/mol. The van der Waals surface area contributed by atoms with Gasteiger partial charge in [0.1, 0.15) is 18.3 Å². The zero-order valence-electron chi connectivity index (χ0n) is 27.2. The fourth-order valence-corrected chi connectivity index (χ4v) is 4.68. The lowest BCUT2D eigenvalue weighted by Gasteiger charge is -2.36. The summed E-state index contributed by atoms with van der Waals surface area (Å²) in [6, 6.07) is 9.02. The lowest BCUT2D eigenvalue weighted by atomic mass is 9.91. The highest BCUT2D eigenvalue weighted by atomic mass is 16.6. The van der Waals surface area contributed by atoms with Gasteiger partial charge in [-0.1, -0.05) is 39.0 Å². The van der Waals surface area contributed by atoms with E-state index < -0.39 is 40.2 Å². The van der Waals surface area contributed by atoms with Gasteiger partial charge in [0, 0.05) is 44.2 Å². The molecule has 1 atom stereocenters. The summed E-state index contributed by atoms with van der Waals surface area (Å²) < 4.78 is 17.5. The van der Waals surface area contributed by atoms with Crippen molar-refractivity contribution in [1.29, 1.82) is 0 Å². The van der Waals surface area contributed by atoms with E-state index >= 15 is 0 Å². The molecule has 1 aliphatic rings. The summed E-state index contributed by atoms with van der Waals surface area (Å²) in [5, 5.41) is 9.89. The Kier molecular flexibility index (Phi) is 11.0. The Balaban J connectivity index is 1.57. The largest absolute Gasteiger partial charge is 0.488 e. The van der Waals surface area contributed by atoms with E-state index in [-0.39, 0.29) is 81.3 Å². The average molecular weight is 653 g/mol. The first kappa shape index (κ1) is 34.7. The van der Waals surface area contributed by atoms with Crippen LogP contribution in [-0.2, 0) is 14.3 Å². The van der Waals surface area contributed by atoms with Crippen LogP contribution in [0, 0.1) is 5.41 Å². The summed E-state index contributed by atoms with van der Waals surface area (Å²) in [5.74, 6) is -1.37. The molecule has 4 rings (SSSR count). The van der Waals surface area contributed by atoms with Crippen LogP contribution in [0.25, 0.3) is 5.69 Å². The number of nitrogens with zero attached hydrogens (tertiary/aromatic N) is 4. The van der Waals surface area contributed by atoms with Crippen molar-refractivity contribution in [3.63, 3.8) is 0 Å². The van der Waals surface area contributed by atoms with Crippen molar-refractivity contribution in [3.8, 4) is 17.3 Å². The molecule has 15 heteroatoms. The smallest absolute Gasteiger partial charge is 0.409 e. The third-order valence-electron chi connectivity index (χ3n) is 7.46. The molecule has 1 aromatic heterocycles. The van der Waals surface area contributed by atoms with Gasteiger partial charge in [0.15, 0.2) is 17.2 Å². The van der Waals surface area contributed by atoms with E-state index in [0.29, 0.717) is 5.69 Å². The molecule has 1 saturated heterocycles. The molecule has 0 spiro atoms. The van der Waals surface area contributed by atoms with E-state index in [1.807, 2.05) is 6.07 Å². The van der Waals surface area contributed by atoms with Gasteiger partial charge in [0.05, 0.1) is 18.9 Å². The number of carbonyl (C=O) groups excluding carboxylic acids is 4. The fourth-order valence-electron chi connectivity index (χ4n) is 4.68. The second-order valence-corrected chi connectivity index (χ2v) is 11.8. The topological polar surface area (TPSA) is 178 Å². The Hall–Kier alpha value is -5.21. The molecule has 0 bridgehead atoms. The van der Waals surface area contributed by atoms with Crippen LogP contribution in [0.5, 0.6) is 11.6 Å². The minimum absolute atomic E-state index is 0.0800. The third kappa shape index (κ3) is 8.15. The Morgan fingerprint density at radius 2 is 1.57 bits per heavy atom. The van der Waals surface area contributed by atoms with Crippen LogP contribution < -0.4 is 31.0 Å². The van der Waals surface area contributed by atoms with E-state index in [1.54, 1.807) is 58.9 Å². The molecule has 0 aliphatic carbocycles.